The Hall–Kier alpha value is -6.76. The molecule has 12 aromatic rings. The summed E-state index contributed by atoms with van der Waals surface area (Å²) in [5.41, 5.74) is 17.1. The minimum absolute atomic E-state index is 0.0770. The van der Waals surface area contributed by atoms with E-state index in [0.29, 0.717) is 0 Å². The van der Waals surface area contributed by atoms with Gasteiger partial charge >= 0.3 is 0 Å². The number of aromatic nitrogens is 1. The van der Waals surface area contributed by atoms with Crippen molar-refractivity contribution in [3.63, 3.8) is 0 Å². The molecule has 0 unspecified atom stereocenters. The zero-order valence-corrected chi connectivity index (χ0v) is 34.0. The molecule has 280 valence electrons. The molecule has 0 atom stereocenters. The Labute approximate surface area is 344 Å². The number of nitrogens with zero attached hydrogens (tertiary/aromatic N) is 1. The third kappa shape index (κ3) is 4.72. The largest absolute Gasteiger partial charge is 0.456 e. The van der Waals surface area contributed by atoms with Gasteiger partial charge in [0, 0.05) is 86.7 Å². The molecule has 6 heteroatoms. The summed E-state index contributed by atoms with van der Waals surface area (Å²) in [6, 6.07) is 51.1. The number of hydrogen-bond donors (Lipinski definition) is 1. The third-order valence-electron chi connectivity index (χ3n) is 12.9. The van der Waals surface area contributed by atoms with Gasteiger partial charge in [-0.1, -0.05) is 99.0 Å². The summed E-state index contributed by atoms with van der Waals surface area (Å²) in [6.45, 7) is 9.10. The van der Waals surface area contributed by atoms with Crippen molar-refractivity contribution in [3.05, 3.63) is 151 Å². The van der Waals surface area contributed by atoms with Gasteiger partial charge in [0.1, 0.15) is 22.3 Å². The molecular weight excluding hydrogens is 739 g/mol. The first-order chi connectivity index (χ1) is 28.7. The lowest BCUT2D eigenvalue weighted by Gasteiger charge is -2.25. The van der Waals surface area contributed by atoms with Crippen LogP contribution in [0.1, 0.15) is 31.9 Å². The fraction of sp³-hybridized carbons (Fsp3) is 0.0943. The molecule has 1 aliphatic rings. The predicted molar refractivity (Wildman–Crippen MR) is 253 cm³/mol. The Morgan fingerprint density at radius 3 is 2.00 bits per heavy atom. The molecule has 0 saturated carbocycles. The van der Waals surface area contributed by atoms with Gasteiger partial charge in [-0.15, -0.1) is 11.3 Å². The lowest BCUT2D eigenvalue weighted by molar-refractivity contribution is 0.590. The Balaban J connectivity index is 1.13. The molecule has 0 aliphatic carbocycles. The molecule has 0 amide bonds. The van der Waals surface area contributed by atoms with Crippen molar-refractivity contribution in [2.75, 3.05) is 5.32 Å². The minimum atomic E-state index is 0.0770. The van der Waals surface area contributed by atoms with Gasteiger partial charge in [-0.25, -0.2) is 0 Å². The second-order valence-electron chi connectivity index (χ2n) is 17.4. The Kier molecular flexibility index (Phi) is 6.58. The molecular formula is C53H37BN2O2S. The maximum absolute atomic E-state index is 6.56. The van der Waals surface area contributed by atoms with Crippen molar-refractivity contribution >= 4 is 127 Å². The fourth-order valence-corrected chi connectivity index (χ4v) is 11.1. The molecule has 5 heterocycles. The van der Waals surface area contributed by atoms with Crippen molar-refractivity contribution in [3.8, 4) is 16.8 Å². The highest BCUT2D eigenvalue weighted by Gasteiger charge is 2.30. The number of fused-ring (bicyclic) bond motifs is 14. The van der Waals surface area contributed by atoms with Gasteiger partial charge < -0.3 is 18.7 Å². The van der Waals surface area contributed by atoms with Crippen LogP contribution in [0.5, 0.6) is 0 Å². The highest BCUT2D eigenvalue weighted by Crippen LogP contribution is 2.45. The molecule has 0 spiro atoms. The standard InChI is InChI=1S/C53H37BN2O2S/c1-28-21-38(34-22-37-33-13-7-10-16-48(33)59-49(37)26-41(34)55-30-19-17-29(18-20-30)53(2,3)4)51-52-50(28)39-23-35-31-11-5-8-14-44(31)58-47(35)27-42(39)56(52)43-24-36-32-12-6-9-15-45(32)57-46(36)25-40(43)54-51/h5-27,54-55H,1-4H3. The summed E-state index contributed by atoms with van der Waals surface area (Å²) in [5.74, 6) is 0. The van der Waals surface area contributed by atoms with Crippen LogP contribution < -0.4 is 16.2 Å². The molecule has 1 N–H and O–H groups in total. The normalized spacial score (nSPS) is 12.9. The summed E-state index contributed by atoms with van der Waals surface area (Å²) >= 11 is 1.86. The van der Waals surface area contributed by atoms with Crippen molar-refractivity contribution in [1.82, 2.24) is 4.57 Å². The zero-order valence-electron chi connectivity index (χ0n) is 33.2. The fourth-order valence-electron chi connectivity index (χ4n) is 10.0. The summed E-state index contributed by atoms with van der Waals surface area (Å²) in [5, 5.41) is 13.6. The number of aryl methyl sites for hydroxylation is 1. The van der Waals surface area contributed by atoms with Crippen molar-refractivity contribution in [1.29, 1.82) is 0 Å². The van der Waals surface area contributed by atoms with E-state index in [4.69, 9.17) is 8.83 Å². The number of hydrogen-bond acceptors (Lipinski definition) is 4. The van der Waals surface area contributed by atoms with Gasteiger partial charge in [0.15, 0.2) is 7.28 Å². The molecule has 8 aromatic carbocycles. The van der Waals surface area contributed by atoms with E-state index in [2.05, 4.69) is 171 Å². The maximum Gasteiger partial charge on any atom is 0.198 e. The SMILES string of the molecule is Cc1cc(-c2cc3c(cc2Nc2ccc(C(C)(C)C)cc2)sc2ccccc23)c2c3c1c1cc4c(cc1n3-c1cc3c(cc1B2)oc1ccccc13)oc1ccccc14. The van der Waals surface area contributed by atoms with Gasteiger partial charge in [0.2, 0.25) is 0 Å². The Morgan fingerprint density at radius 2 is 1.25 bits per heavy atom. The summed E-state index contributed by atoms with van der Waals surface area (Å²) in [4.78, 5) is 0. The van der Waals surface area contributed by atoms with Crippen molar-refractivity contribution in [2.24, 2.45) is 0 Å². The van der Waals surface area contributed by atoms with E-state index in [9.17, 15) is 0 Å². The van der Waals surface area contributed by atoms with Gasteiger partial charge in [0.25, 0.3) is 0 Å². The maximum atomic E-state index is 6.56. The van der Waals surface area contributed by atoms with Crippen LogP contribution in [0.3, 0.4) is 0 Å². The lowest BCUT2D eigenvalue weighted by atomic mass is 9.58. The first-order valence-corrected chi connectivity index (χ1v) is 21.3. The molecule has 0 radical (unpaired) electrons. The molecule has 0 bridgehead atoms. The number of benzene rings is 8. The van der Waals surface area contributed by atoms with Crippen molar-refractivity contribution < 1.29 is 8.83 Å². The molecule has 1 aliphatic heterocycles. The quantitative estimate of drug-likeness (QED) is 0.182. The first kappa shape index (κ1) is 33.2. The van der Waals surface area contributed by atoms with E-state index in [1.807, 2.05) is 17.4 Å². The molecule has 4 aromatic heterocycles. The highest BCUT2D eigenvalue weighted by molar-refractivity contribution is 7.25. The Morgan fingerprint density at radius 1 is 0.576 bits per heavy atom. The Bertz CT molecular complexity index is 3780. The monoisotopic (exact) mass is 776 g/mol. The number of anilines is 2. The van der Waals surface area contributed by atoms with Crippen molar-refractivity contribution in [2.45, 2.75) is 33.1 Å². The lowest BCUT2D eigenvalue weighted by Crippen LogP contribution is -2.37. The van der Waals surface area contributed by atoms with Crippen LogP contribution in [0.25, 0.3) is 103 Å². The van der Waals surface area contributed by atoms with Gasteiger partial charge in [-0.2, -0.15) is 0 Å². The minimum Gasteiger partial charge on any atom is -0.456 e. The second-order valence-corrected chi connectivity index (χ2v) is 18.5. The smallest absolute Gasteiger partial charge is 0.198 e. The van der Waals surface area contributed by atoms with Crippen LogP contribution in [0.15, 0.2) is 148 Å². The number of rotatable bonds is 3. The number of furan rings is 2. The van der Waals surface area contributed by atoms with E-state index >= 15 is 0 Å². The van der Waals surface area contributed by atoms with Crippen LogP contribution in [-0.4, -0.2) is 11.8 Å². The van der Waals surface area contributed by atoms with Crippen LogP contribution in [0.2, 0.25) is 0 Å². The van der Waals surface area contributed by atoms with Gasteiger partial charge in [-0.3, -0.25) is 0 Å². The van der Waals surface area contributed by atoms with E-state index < -0.39 is 0 Å². The zero-order chi connectivity index (χ0) is 39.3. The van der Waals surface area contributed by atoms with Crippen LogP contribution in [0.4, 0.5) is 11.4 Å². The van der Waals surface area contributed by atoms with Gasteiger partial charge in [-0.05, 0) is 95.2 Å². The summed E-state index contributed by atoms with van der Waals surface area (Å²) in [6.07, 6.45) is 0. The second kappa shape index (κ2) is 11.7. The molecule has 59 heavy (non-hydrogen) atoms. The predicted octanol–water partition coefficient (Wildman–Crippen LogP) is 13.7. The van der Waals surface area contributed by atoms with E-state index in [0.717, 1.165) is 68.0 Å². The molecule has 4 nitrogen and oxygen atoms in total. The summed E-state index contributed by atoms with van der Waals surface area (Å²) < 4.78 is 18.2. The average molecular weight is 777 g/mol. The first-order valence-electron chi connectivity index (χ1n) is 20.4. The van der Waals surface area contributed by atoms with E-state index in [1.165, 1.54) is 75.3 Å². The molecule has 0 fully saturated rings. The van der Waals surface area contributed by atoms with Crippen LogP contribution >= 0.6 is 11.3 Å². The third-order valence-corrected chi connectivity index (χ3v) is 14.0. The topological polar surface area (TPSA) is 43.2 Å². The van der Waals surface area contributed by atoms with Gasteiger partial charge in [0.05, 0.1) is 5.52 Å². The number of thiophene rings is 1. The van der Waals surface area contributed by atoms with E-state index in [-0.39, 0.29) is 5.41 Å². The highest BCUT2D eigenvalue weighted by atomic mass is 32.1. The summed E-state index contributed by atoms with van der Waals surface area (Å²) in [7, 11) is 0.770. The van der Waals surface area contributed by atoms with E-state index in [1.54, 1.807) is 0 Å². The van der Waals surface area contributed by atoms with Crippen LogP contribution in [-0.2, 0) is 5.41 Å². The van der Waals surface area contributed by atoms with Crippen LogP contribution in [0, 0.1) is 6.92 Å². The number of para-hydroxylation sites is 2. The number of nitrogens with one attached hydrogen (secondary N) is 1. The molecule has 13 rings (SSSR count). The molecule has 0 saturated heterocycles. The average Bonchev–Trinajstić information content (AvgIpc) is 3.99.